The Morgan fingerprint density at radius 3 is 2.07 bits per heavy atom. The molecule has 216 valence electrons. The van der Waals surface area contributed by atoms with E-state index in [4.69, 9.17) is 4.42 Å². The Kier molecular flexibility index (Phi) is 18.9. The Labute approximate surface area is 294 Å². The van der Waals surface area contributed by atoms with Gasteiger partial charge in [0.15, 0.2) is 11.2 Å². The molecule has 0 saturated heterocycles. The molecule has 0 N–H and O–H groups in total. The third-order valence-corrected chi connectivity index (χ3v) is 7.69. The largest absolute Gasteiger partial charge is 1.00 e. The summed E-state index contributed by atoms with van der Waals surface area (Å²) in [4.78, 5) is 35.2. The van der Waals surface area contributed by atoms with Gasteiger partial charge in [-0.05, 0) is 66.8 Å². The second-order valence-electron chi connectivity index (χ2n) is 10.8. The first-order valence-electron chi connectivity index (χ1n) is 14.9. The van der Waals surface area contributed by atoms with E-state index in [2.05, 4.69) is 31.2 Å². The van der Waals surface area contributed by atoms with Gasteiger partial charge in [0.1, 0.15) is 11.6 Å². The molecule has 0 bridgehead atoms. The maximum absolute atomic E-state index is 12.7. The molecule has 0 radical (unpaired) electrons. The molecule has 3 aromatic rings. The first kappa shape index (κ1) is 38.6. The fourth-order valence-electron chi connectivity index (χ4n) is 5.55. The fourth-order valence-corrected chi connectivity index (χ4v) is 5.55. The van der Waals surface area contributed by atoms with Crippen LogP contribution in [0.15, 0.2) is 51.7 Å². The van der Waals surface area contributed by atoms with E-state index in [1.165, 1.54) is 50.5 Å². The number of hydrogen-bond acceptors (Lipinski definition) is 6. The summed E-state index contributed by atoms with van der Waals surface area (Å²) >= 11 is 0. The minimum atomic E-state index is -1.53. The predicted molar refractivity (Wildman–Crippen MR) is 154 cm³/mol. The van der Waals surface area contributed by atoms with E-state index in [-0.39, 0.29) is 71.5 Å². The Morgan fingerprint density at radius 1 is 0.786 bits per heavy atom. The number of unbranched alkanes of at least 4 members (excludes halogenated alkanes) is 7. The monoisotopic (exact) mass is 592 g/mol. The molecule has 3 rings (SSSR count). The topological polar surface area (TPSA) is 110 Å². The molecule has 2 aromatic carbocycles. The van der Waals surface area contributed by atoms with Crippen LogP contribution in [-0.2, 0) is 17.6 Å². The summed E-state index contributed by atoms with van der Waals surface area (Å²) < 4.78 is 5.73. The Bertz CT molecular complexity index is 1320. The van der Waals surface area contributed by atoms with Crippen LogP contribution < -0.4 is 74.8 Å². The quantitative estimate of drug-likeness (QED) is 0.150. The number of rotatable bonds is 18. The number of carbonyl (C=O) groups excluding carboxylic acids is 2. The molecule has 1 atom stereocenters. The Hall–Kier alpha value is -1.41. The van der Waals surface area contributed by atoms with Crippen LogP contribution in [0, 0.1) is 0 Å². The van der Waals surface area contributed by atoms with Crippen LogP contribution in [0.1, 0.15) is 130 Å². The molecule has 0 spiro atoms. The van der Waals surface area contributed by atoms with Gasteiger partial charge in [-0.25, -0.2) is 0 Å². The van der Waals surface area contributed by atoms with Gasteiger partial charge < -0.3 is 24.2 Å². The molecule has 0 fully saturated rings. The first-order chi connectivity index (χ1) is 19.3. The minimum Gasteiger partial charge on any atom is -0.550 e. The van der Waals surface area contributed by atoms with E-state index in [0.717, 1.165) is 35.6 Å². The first-order valence-corrected chi connectivity index (χ1v) is 14.9. The van der Waals surface area contributed by atoms with Crippen molar-refractivity contribution in [1.82, 2.24) is 0 Å². The van der Waals surface area contributed by atoms with E-state index in [1.54, 1.807) is 6.07 Å². The van der Waals surface area contributed by atoms with E-state index in [0.29, 0.717) is 36.7 Å². The van der Waals surface area contributed by atoms with Gasteiger partial charge in [0.25, 0.3) is 0 Å². The number of fused-ring (bicyclic) bond motifs is 1. The standard InChI is InChI=1S/C34H44O6.2Na/c1-3-5-6-7-8-9-10-14-24-17-19-25(20-18-24)26(15-11-12-16-32(36)37)27-21-22-29-30(35)23-31(34(38)39)40-33(29)28(27)13-4-2;;/h17-23,26H,3-16H2,1-2H3,(H,36,37)(H,38,39);;/q;2*+1/p-2. The molecule has 8 heteroatoms. The van der Waals surface area contributed by atoms with Gasteiger partial charge in [0.05, 0.1) is 5.39 Å². The summed E-state index contributed by atoms with van der Waals surface area (Å²) in [6.07, 6.45) is 13.2. The number of benzene rings is 2. The molecule has 1 unspecified atom stereocenters. The van der Waals surface area contributed by atoms with Gasteiger partial charge in [-0.15, -0.1) is 0 Å². The van der Waals surface area contributed by atoms with E-state index >= 15 is 0 Å². The number of carboxylic acids is 2. The van der Waals surface area contributed by atoms with E-state index in [9.17, 15) is 24.6 Å². The number of carbonyl (C=O) groups is 2. The fraction of sp³-hybridized carbons (Fsp3) is 0.500. The van der Waals surface area contributed by atoms with Gasteiger partial charge in [-0.1, -0.05) is 95.5 Å². The van der Waals surface area contributed by atoms with Crippen molar-refractivity contribution in [2.45, 2.75) is 110 Å². The van der Waals surface area contributed by atoms with E-state index < -0.39 is 23.1 Å². The van der Waals surface area contributed by atoms with Gasteiger partial charge in [0, 0.05) is 18.0 Å². The van der Waals surface area contributed by atoms with Gasteiger partial charge in [0.2, 0.25) is 0 Å². The van der Waals surface area contributed by atoms with Crippen molar-refractivity contribution in [3.63, 3.8) is 0 Å². The molecule has 6 nitrogen and oxygen atoms in total. The third-order valence-electron chi connectivity index (χ3n) is 7.69. The summed E-state index contributed by atoms with van der Waals surface area (Å²) in [6.45, 7) is 4.26. The van der Waals surface area contributed by atoms with Crippen LogP contribution in [0.5, 0.6) is 0 Å². The Morgan fingerprint density at radius 2 is 1.45 bits per heavy atom. The zero-order valence-electron chi connectivity index (χ0n) is 26.0. The molecular weight excluding hydrogens is 550 g/mol. The number of aliphatic carboxylic acids is 1. The Balaban J connectivity index is 0.00000441. The van der Waals surface area contributed by atoms with Crippen molar-refractivity contribution < 1.29 is 83.3 Å². The SMILES string of the molecule is CCCCCCCCCc1ccc(C(CCCCC(=O)[O-])c2ccc3c(=O)cc(C(=O)[O-])oc3c2CCC)cc1.[Na+].[Na+]. The van der Waals surface area contributed by atoms with Crippen LogP contribution in [0.25, 0.3) is 11.0 Å². The third kappa shape index (κ3) is 11.6. The van der Waals surface area contributed by atoms with Crippen molar-refractivity contribution in [2.75, 3.05) is 0 Å². The average molecular weight is 593 g/mol. The molecular formula is C34H42Na2O6. The smallest absolute Gasteiger partial charge is 0.550 e. The van der Waals surface area contributed by atoms with Crippen LogP contribution in [0.3, 0.4) is 0 Å². The van der Waals surface area contributed by atoms with Crippen LogP contribution >= 0.6 is 0 Å². The van der Waals surface area contributed by atoms with Crippen LogP contribution in [-0.4, -0.2) is 11.9 Å². The average Bonchev–Trinajstić information content (AvgIpc) is 2.93. The predicted octanol–water partition coefficient (Wildman–Crippen LogP) is -0.148. The molecule has 0 amide bonds. The molecule has 1 heterocycles. The molecule has 0 aliphatic carbocycles. The second-order valence-corrected chi connectivity index (χ2v) is 10.8. The van der Waals surface area contributed by atoms with Crippen molar-refractivity contribution >= 4 is 22.9 Å². The number of hydrogen-bond donors (Lipinski definition) is 0. The molecule has 0 saturated carbocycles. The van der Waals surface area contributed by atoms with Crippen molar-refractivity contribution in [3.05, 3.63) is 80.7 Å². The van der Waals surface area contributed by atoms with Gasteiger partial charge in [-0.3, -0.25) is 4.79 Å². The summed E-state index contributed by atoms with van der Waals surface area (Å²) in [5, 5.41) is 22.9. The maximum atomic E-state index is 12.7. The van der Waals surface area contributed by atoms with Crippen LogP contribution in [0.4, 0.5) is 0 Å². The molecule has 1 aromatic heterocycles. The maximum Gasteiger partial charge on any atom is 1.00 e. The molecule has 42 heavy (non-hydrogen) atoms. The normalized spacial score (nSPS) is 11.5. The molecule has 0 aliphatic heterocycles. The van der Waals surface area contributed by atoms with Crippen molar-refractivity contribution in [2.24, 2.45) is 0 Å². The number of carboxylic acid groups (broad SMARTS) is 2. The summed E-state index contributed by atoms with van der Waals surface area (Å²) in [6, 6.07) is 13.3. The minimum absolute atomic E-state index is 0. The van der Waals surface area contributed by atoms with Gasteiger partial charge >= 0.3 is 59.1 Å². The number of aromatic carboxylic acids is 1. The second kappa shape index (κ2) is 20.5. The molecule has 0 aliphatic rings. The van der Waals surface area contributed by atoms with Crippen molar-refractivity contribution in [3.8, 4) is 0 Å². The summed E-state index contributed by atoms with van der Waals surface area (Å²) in [5.41, 5.74) is 4.07. The summed E-state index contributed by atoms with van der Waals surface area (Å²) in [5.74, 6) is -3.12. The van der Waals surface area contributed by atoms with E-state index in [1.807, 2.05) is 13.0 Å². The number of aryl methyl sites for hydroxylation is 2. The summed E-state index contributed by atoms with van der Waals surface area (Å²) in [7, 11) is 0. The zero-order chi connectivity index (χ0) is 28.9. The van der Waals surface area contributed by atoms with Crippen LogP contribution in [0.2, 0.25) is 0 Å². The van der Waals surface area contributed by atoms with Crippen molar-refractivity contribution in [1.29, 1.82) is 0 Å². The van der Waals surface area contributed by atoms with Gasteiger partial charge in [-0.2, -0.15) is 0 Å². The zero-order valence-corrected chi connectivity index (χ0v) is 30.0.